The van der Waals surface area contributed by atoms with Gasteiger partial charge in [0.1, 0.15) is 24.4 Å². The van der Waals surface area contributed by atoms with Crippen molar-refractivity contribution in [1.82, 2.24) is 19.5 Å². The van der Waals surface area contributed by atoms with Crippen LogP contribution in [0.5, 0.6) is 0 Å². The number of phosphoric acid groups is 1. The SMILES string of the molecule is Nc1nc2c(ncn2[C@@H]2O[C@H](C(Cc3ccsc3)OP(=O)(O)O)[C@@H](O)[C@H]2O)c(=O)[nH]1. The zero-order valence-electron chi connectivity index (χ0n) is 15.1. The van der Waals surface area contributed by atoms with E-state index >= 15 is 0 Å². The summed E-state index contributed by atoms with van der Waals surface area (Å²) in [5.74, 6) is -0.181. The molecule has 0 saturated carbocycles. The summed E-state index contributed by atoms with van der Waals surface area (Å²) < 4.78 is 23.3. The summed E-state index contributed by atoms with van der Waals surface area (Å²) in [7, 11) is -4.93. The van der Waals surface area contributed by atoms with Gasteiger partial charge in [0.15, 0.2) is 17.4 Å². The first-order valence-corrected chi connectivity index (χ1v) is 11.1. The van der Waals surface area contributed by atoms with Gasteiger partial charge in [-0.3, -0.25) is 18.9 Å². The maximum atomic E-state index is 12.0. The van der Waals surface area contributed by atoms with E-state index in [-0.39, 0.29) is 23.5 Å². The zero-order valence-corrected chi connectivity index (χ0v) is 16.8. The average Bonchev–Trinajstić information content (AvgIpc) is 3.35. The minimum Gasteiger partial charge on any atom is -0.387 e. The van der Waals surface area contributed by atoms with Gasteiger partial charge < -0.3 is 30.5 Å². The lowest BCUT2D eigenvalue weighted by molar-refractivity contribution is -0.0805. The third-order valence-electron chi connectivity index (χ3n) is 4.66. The molecule has 0 amide bonds. The molecule has 7 N–H and O–H groups in total. The number of anilines is 1. The Labute approximate surface area is 172 Å². The van der Waals surface area contributed by atoms with Gasteiger partial charge in [-0.2, -0.15) is 16.3 Å². The number of nitrogens with zero attached hydrogens (tertiary/aromatic N) is 3. The Morgan fingerprint density at radius 1 is 1.40 bits per heavy atom. The maximum absolute atomic E-state index is 12.0. The maximum Gasteiger partial charge on any atom is 0.469 e. The number of nitrogen functional groups attached to an aromatic ring is 1. The van der Waals surface area contributed by atoms with Gasteiger partial charge in [0.2, 0.25) is 5.95 Å². The van der Waals surface area contributed by atoms with Crippen molar-refractivity contribution in [1.29, 1.82) is 0 Å². The lowest BCUT2D eigenvalue weighted by Gasteiger charge is -2.25. The number of H-pyrrole nitrogens is 1. The van der Waals surface area contributed by atoms with Crippen molar-refractivity contribution in [3.05, 3.63) is 39.1 Å². The summed E-state index contributed by atoms with van der Waals surface area (Å²) in [6.07, 6.45) is -5.70. The van der Waals surface area contributed by atoms with Gasteiger partial charge in [0.05, 0.1) is 6.33 Å². The quantitative estimate of drug-likeness (QED) is 0.249. The van der Waals surface area contributed by atoms with Gasteiger partial charge in [0, 0.05) is 6.42 Å². The Morgan fingerprint density at radius 2 is 2.17 bits per heavy atom. The summed E-state index contributed by atoms with van der Waals surface area (Å²) in [4.78, 5) is 40.8. The van der Waals surface area contributed by atoms with Gasteiger partial charge in [-0.05, 0) is 22.4 Å². The molecule has 3 aromatic rings. The number of hydrogen-bond donors (Lipinski definition) is 6. The van der Waals surface area contributed by atoms with Crippen LogP contribution in [0.3, 0.4) is 0 Å². The third-order valence-corrected chi connectivity index (χ3v) is 5.93. The van der Waals surface area contributed by atoms with E-state index in [1.165, 1.54) is 22.2 Å². The monoisotopic (exact) mass is 459 g/mol. The summed E-state index contributed by atoms with van der Waals surface area (Å²) in [6.45, 7) is 0. The standard InChI is InChI=1S/C15H18N5O8PS/c16-15-18-12-8(13(23)19-15)17-5-20(12)14-10(22)9(21)11(27-14)7(28-29(24,25)26)3-6-1-2-30-4-6/h1-2,4-5,7,9-11,14,21-22H,3H2,(H2,24,25,26)(H3,16,18,19,23)/t7?,9-,10+,11+,14+/m0/s1. The molecule has 162 valence electrons. The van der Waals surface area contributed by atoms with E-state index < -0.39 is 44.0 Å². The van der Waals surface area contributed by atoms with E-state index in [1.54, 1.807) is 16.8 Å². The Hall–Kier alpha value is -2.16. The van der Waals surface area contributed by atoms with Crippen LogP contribution < -0.4 is 11.3 Å². The van der Waals surface area contributed by atoms with Crippen LogP contribution in [0.4, 0.5) is 5.95 Å². The van der Waals surface area contributed by atoms with E-state index in [2.05, 4.69) is 15.0 Å². The number of nitrogens with one attached hydrogen (secondary N) is 1. The number of ether oxygens (including phenoxy) is 1. The van der Waals surface area contributed by atoms with Crippen LogP contribution in [-0.2, 0) is 20.2 Å². The zero-order chi connectivity index (χ0) is 21.6. The average molecular weight is 459 g/mol. The number of imidazole rings is 1. The van der Waals surface area contributed by atoms with Gasteiger partial charge >= 0.3 is 7.82 Å². The number of fused-ring (bicyclic) bond motifs is 1. The first-order valence-electron chi connectivity index (χ1n) is 8.63. The molecular weight excluding hydrogens is 441 g/mol. The van der Waals surface area contributed by atoms with Crippen LogP contribution in [0.1, 0.15) is 11.8 Å². The molecule has 3 aromatic heterocycles. The number of aromatic nitrogens is 4. The van der Waals surface area contributed by atoms with Crippen LogP contribution in [0.25, 0.3) is 11.2 Å². The van der Waals surface area contributed by atoms with Crippen molar-refractivity contribution in [2.75, 3.05) is 5.73 Å². The number of thiophene rings is 1. The molecular formula is C15H18N5O8PS. The lowest BCUT2D eigenvalue weighted by atomic mass is 10.0. The normalized spacial score (nSPS) is 25.7. The van der Waals surface area contributed by atoms with Gasteiger partial charge in [-0.15, -0.1) is 0 Å². The molecule has 0 aliphatic carbocycles. The van der Waals surface area contributed by atoms with Crippen molar-refractivity contribution in [3.63, 3.8) is 0 Å². The van der Waals surface area contributed by atoms with E-state index in [1.807, 2.05) is 0 Å². The second-order valence-electron chi connectivity index (χ2n) is 6.72. The third kappa shape index (κ3) is 4.04. The molecule has 1 aliphatic rings. The fourth-order valence-corrected chi connectivity index (χ4v) is 4.61. The van der Waals surface area contributed by atoms with Gasteiger partial charge in [-0.1, -0.05) is 0 Å². The number of nitrogens with two attached hydrogens (primary N) is 1. The second kappa shape index (κ2) is 7.83. The summed E-state index contributed by atoms with van der Waals surface area (Å²) in [6, 6.07) is 1.73. The molecule has 1 fully saturated rings. The Bertz CT molecular complexity index is 1140. The molecule has 1 saturated heterocycles. The number of aliphatic hydroxyl groups excluding tert-OH is 2. The van der Waals surface area contributed by atoms with Crippen LogP contribution in [0.2, 0.25) is 0 Å². The molecule has 0 radical (unpaired) electrons. The molecule has 4 rings (SSSR count). The van der Waals surface area contributed by atoms with Gasteiger partial charge in [0.25, 0.3) is 5.56 Å². The Morgan fingerprint density at radius 3 is 2.83 bits per heavy atom. The van der Waals surface area contributed by atoms with E-state index in [0.29, 0.717) is 5.56 Å². The summed E-state index contributed by atoms with van der Waals surface area (Å²) >= 11 is 1.38. The highest BCUT2D eigenvalue weighted by molar-refractivity contribution is 7.46. The molecule has 0 aromatic carbocycles. The second-order valence-corrected chi connectivity index (χ2v) is 8.69. The molecule has 30 heavy (non-hydrogen) atoms. The first kappa shape index (κ1) is 21.1. The summed E-state index contributed by atoms with van der Waals surface area (Å²) in [5, 5.41) is 24.6. The molecule has 1 aliphatic heterocycles. The van der Waals surface area contributed by atoms with Crippen molar-refractivity contribution in [2.24, 2.45) is 0 Å². The van der Waals surface area contributed by atoms with Crippen molar-refractivity contribution in [3.8, 4) is 0 Å². The number of aliphatic hydroxyl groups is 2. The smallest absolute Gasteiger partial charge is 0.387 e. The van der Waals surface area contributed by atoms with Crippen LogP contribution in [-0.4, -0.2) is 63.9 Å². The minimum absolute atomic E-state index is 0.0124. The van der Waals surface area contributed by atoms with Crippen molar-refractivity contribution in [2.45, 2.75) is 37.1 Å². The summed E-state index contributed by atoms with van der Waals surface area (Å²) in [5.41, 5.74) is 5.64. The predicted octanol–water partition coefficient (Wildman–Crippen LogP) is -0.897. The van der Waals surface area contributed by atoms with Crippen molar-refractivity contribution >= 4 is 36.3 Å². The van der Waals surface area contributed by atoms with E-state index in [0.717, 1.165) is 0 Å². The fraction of sp³-hybridized carbons (Fsp3) is 0.400. The number of hydrogen-bond acceptors (Lipinski definition) is 10. The van der Waals surface area contributed by atoms with Gasteiger partial charge in [-0.25, -0.2) is 9.55 Å². The molecule has 0 spiro atoms. The Kier molecular flexibility index (Phi) is 5.50. The molecule has 1 unspecified atom stereocenters. The fourth-order valence-electron chi connectivity index (χ4n) is 3.38. The largest absolute Gasteiger partial charge is 0.469 e. The number of aromatic amines is 1. The highest BCUT2D eigenvalue weighted by Crippen LogP contribution is 2.43. The van der Waals surface area contributed by atoms with E-state index in [9.17, 15) is 29.4 Å². The number of phosphoric ester groups is 1. The molecule has 13 nitrogen and oxygen atoms in total. The highest BCUT2D eigenvalue weighted by Gasteiger charge is 2.49. The Balaban J connectivity index is 1.67. The topological polar surface area (TPSA) is 206 Å². The van der Waals surface area contributed by atoms with Crippen LogP contribution in [0.15, 0.2) is 27.9 Å². The number of rotatable bonds is 6. The highest BCUT2D eigenvalue weighted by atomic mass is 32.1. The van der Waals surface area contributed by atoms with Crippen LogP contribution >= 0.6 is 19.2 Å². The molecule has 5 atom stereocenters. The minimum atomic E-state index is -4.93. The first-order chi connectivity index (χ1) is 14.1. The van der Waals surface area contributed by atoms with E-state index in [4.69, 9.17) is 15.0 Å². The van der Waals surface area contributed by atoms with Crippen LogP contribution in [0, 0.1) is 0 Å². The lowest BCUT2D eigenvalue weighted by Crippen LogP contribution is -2.40. The predicted molar refractivity (Wildman–Crippen MR) is 103 cm³/mol. The molecule has 15 heteroatoms. The molecule has 0 bridgehead atoms. The van der Waals surface area contributed by atoms with Crippen molar-refractivity contribution < 1.29 is 33.8 Å². The molecule has 4 heterocycles.